The number of ether oxygens (including phenoxy) is 2. The number of hydrogen-bond donors (Lipinski definition) is 1. The Balaban J connectivity index is 1.50. The molecular weight excluding hydrogens is 507 g/mol. The summed E-state index contributed by atoms with van der Waals surface area (Å²) in [6.07, 6.45) is 0. The van der Waals surface area contributed by atoms with E-state index >= 15 is 0 Å². The number of carbonyl (C=O) groups is 2. The van der Waals surface area contributed by atoms with Crippen molar-refractivity contribution in [2.45, 2.75) is 13.1 Å². The minimum absolute atomic E-state index is 0.0993. The highest BCUT2D eigenvalue weighted by molar-refractivity contribution is 7.09. The van der Waals surface area contributed by atoms with E-state index in [2.05, 4.69) is 10.2 Å². The molecule has 0 unspecified atom stereocenters. The summed E-state index contributed by atoms with van der Waals surface area (Å²) in [6.45, 7) is 4.47. The molecule has 0 spiro atoms. The SMILES string of the molecule is COc1ccccc1NC(=O)N(CCN1CCOCC1)CC(=O)N(Cc1ccc(F)cc1)Cc1cccs1. The second kappa shape index (κ2) is 13.9. The van der Waals surface area contributed by atoms with E-state index in [4.69, 9.17) is 9.47 Å². The van der Waals surface area contributed by atoms with Crippen molar-refractivity contribution in [3.63, 3.8) is 0 Å². The van der Waals surface area contributed by atoms with Gasteiger partial charge in [-0.15, -0.1) is 11.3 Å². The third-order valence-corrected chi connectivity index (χ3v) is 7.18. The number of nitrogens with one attached hydrogen (secondary N) is 1. The molecule has 2 heterocycles. The summed E-state index contributed by atoms with van der Waals surface area (Å²) < 4.78 is 24.3. The molecule has 1 aromatic heterocycles. The lowest BCUT2D eigenvalue weighted by molar-refractivity contribution is -0.133. The molecule has 4 rings (SSSR count). The Morgan fingerprint density at radius 2 is 1.79 bits per heavy atom. The van der Waals surface area contributed by atoms with Gasteiger partial charge in [0.1, 0.15) is 18.1 Å². The average molecular weight is 541 g/mol. The lowest BCUT2D eigenvalue weighted by Crippen LogP contribution is -2.48. The maximum Gasteiger partial charge on any atom is 0.322 e. The van der Waals surface area contributed by atoms with Crippen LogP contribution in [0.1, 0.15) is 10.4 Å². The van der Waals surface area contributed by atoms with Crippen molar-refractivity contribution in [2.75, 3.05) is 58.4 Å². The van der Waals surface area contributed by atoms with Gasteiger partial charge in [-0.1, -0.05) is 30.3 Å². The van der Waals surface area contributed by atoms with Gasteiger partial charge in [0.15, 0.2) is 0 Å². The fourth-order valence-corrected chi connectivity index (χ4v) is 4.90. The minimum Gasteiger partial charge on any atom is -0.495 e. The molecule has 0 bridgehead atoms. The van der Waals surface area contributed by atoms with Gasteiger partial charge in [0.25, 0.3) is 0 Å². The topological polar surface area (TPSA) is 74.4 Å². The Morgan fingerprint density at radius 3 is 2.50 bits per heavy atom. The highest BCUT2D eigenvalue weighted by Crippen LogP contribution is 2.23. The zero-order valence-electron chi connectivity index (χ0n) is 21.5. The summed E-state index contributed by atoms with van der Waals surface area (Å²) in [5, 5.41) is 4.87. The van der Waals surface area contributed by atoms with E-state index in [-0.39, 0.29) is 24.3 Å². The molecule has 10 heteroatoms. The van der Waals surface area contributed by atoms with E-state index in [1.807, 2.05) is 29.6 Å². The van der Waals surface area contributed by atoms with E-state index in [1.54, 1.807) is 47.6 Å². The molecule has 0 aliphatic carbocycles. The summed E-state index contributed by atoms with van der Waals surface area (Å²) >= 11 is 1.56. The maximum absolute atomic E-state index is 13.7. The fraction of sp³-hybridized carbons (Fsp3) is 0.357. The summed E-state index contributed by atoms with van der Waals surface area (Å²) in [5.41, 5.74) is 1.35. The lowest BCUT2D eigenvalue weighted by Gasteiger charge is -2.31. The van der Waals surface area contributed by atoms with Crippen molar-refractivity contribution >= 4 is 29.0 Å². The number of urea groups is 1. The summed E-state index contributed by atoms with van der Waals surface area (Å²) in [5.74, 6) is 0.0167. The van der Waals surface area contributed by atoms with Gasteiger partial charge in [0.2, 0.25) is 5.91 Å². The number of morpholine rings is 1. The van der Waals surface area contributed by atoms with Crippen molar-refractivity contribution in [1.82, 2.24) is 14.7 Å². The molecule has 8 nitrogen and oxygen atoms in total. The number of anilines is 1. The number of rotatable bonds is 11. The quantitative estimate of drug-likeness (QED) is 0.393. The zero-order chi connectivity index (χ0) is 26.7. The molecule has 202 valence electrons. The van der Waals surface area contributed by atoms with Crippen molar-refractivity contribution in [1.29, 1.82) is 0 Å². The van der Waals surface area contributed by atoms with E-state index < -0.39 is 0 Å². The summed E-state index contributed by atoms with van der Waals surface area (Å²) in [7, 11) is 1.54. The van der Waals surface area contributed by atoms with Gasteiger partial charge in [-0.3, -0.25) is 9.69 Å². The van der Waals surface area contributed by atoms with Crippen LogP contribution < -0.4 is 10.1 Å². The first-order valence-electron chi connectivity index (χ1n) is 12.6. The molecule has 1 aliphatic rings. The smallest absolute Gasteiger partial charge is 0.322 e. The molecule has 3 aromatic rings. The summed E-state index contributed by atoms with van der Waals surface area (Å²) in [4.78, 5) is 33.6. The number of benzene rings is 2. The van der Waals surface area contributed by atoms with Crippen LogP contribution in [0.3, 0.4) is 0 Å². The summed E-state index contributed by atoms with van der Waals surface area (Å²) in [6, 6.07) is 16.8. The number of methoxy groups -OCH3 is 1. The van der Waals surface area contributed by atoms with Crippen LogP contribution in [0.5, 0.6) is 5.75 Å². The third kappa shape index (κ3) is 8.01. The van der Waals surface area contributed by atoms with Gasteiger partial charge in [-0.2, -0.15) is 0 Å². The van der Waals surface area contributed by atoms with Gasteiger partial charge in [0, 0.05) is 37.6 Å². The molecule has 1 fully saturated rings. The first-order valence-corrected chi connectivity index (χ1v) is 13.4. The number of para-hydroxylation sites is 2. The first kappa shape index (κ1) is 27.6. The Labute approximate surface area is 226 Å². The molecule has 1 saturated heterocycles. The van der Waals surface area contributed by atoms with Crippen molar-refractivity contribution in [2.24, 2.45) is 0 Å². The average Bonchev–Trinajstić information content (AvgIpc) is 3.46. The molecule has 0 saturated carbocycles. The van der Waals surface area contributed by atoms with Gasteiger partial charge in [-0.25, -0.2) is 9.18 Å². The van der Waals surface area contributed by atoms with Crippen LogP contribution in [0.25, 0.3) is 0 Å². The molecule has 1 aliphatic heterocycles. The molecular formula is C28H33FN4O4S. The van der Waals surface area contributed by atoms with Crippen LogP contribution in [0.4, 0.5) is 14.9 Å². The van der Waals surface area contributed by atoms with Gasteiger partial charge in [-0.05, 0) is 41.3 Å². The highest BCUT2D eigenvalue weighted by atomic mass is 32.1. The van der Waals surface area contributed by atoms with Crippen LogP contribution in [0, 0.1) is 5.82 Å². The van der Waals surface area contributed by atoms with Crippen molar-refractivity contribution < 1.29 is 23.5 Å². The van der Waals surface area contributed by atoms with E-state index in [1.165, 1.54) is 17.0 Å². The second-order valence-electron chi connectivity index (χ2n) is 8.96. The predicted octanol–water partition coefficient (Wildman–Crippen LogP) is 4.29. The Kier molecular flexibility index (Phi) is 10.1. The molecule has 0 atom stereocenters. The van der Waals surface area contributed by atoms with E-state index in [9.17, 15) is 14.0 Å². The standard InChI is InChI=1S/C28H33FN4O4S/c1-36-26-7-3-2-6-25(26)30-28(35)32(13-12-31-14-16-37-17-15-31)21-27(34)33(20-24-5-4-18-38-24)19-22-8-10-23(29)11-9-22/h2-11,18H,12-17,19-21H2,1H3,(H,30,35). The van der Waals surface area contributed by atoms with Crippen molar-refractivity contribution in [3.8, 4) is 5.75 Å². The Hall–Kier alpha value is -3.47. The monoisotopic (exact) mass is 540 g/mol. The number of carbonyl (C=O) groups excluding carboxylic acids is 2. The molecule has 38 heavy (non-hydrogen) atoms. The van der Waals surface area contributed by atoms with Crippen LogP contribution in [-0.4, -0.2) is 79.7 Å². The molecule has 1 N–H and O–H groups in total. The van der Waals surface area contributed by atoms with Gasteiger partial charge < -0.3 is 24.6 Å². The Morgan fingerprint density at radius 1 is 1.03 bits per heavy atom. The van der Waals surface area contributed by atoms with Crippen LogP contribution in [0.15, 0.2) is 66.0 Å². The maximum atomic E-state index is 13.7. The normalized spacial score (nSPS) is 13.6. The van der Waals surface area contributed by atoms with Crippen LogP contribution >= 0.6 is 11.3 Å². The highest BCUT2D eigenvalue weighted by Gasteiger charge is 2.24. The predicted molar refractivity (Wildman–Crippen MR) is 146 cm³/mol. The lowest BCUT2D eigenvalue weighted by atomic mass is 10.2. The number of halogens is 1. The second-order valence-corrected chi connectivity index (χ2v) is 9.99. The third-order valence-electron chi connectivity index (χ3n) is 6.32. The minimum atomic E-state index is -0.381. The van der Waals surface area contributed by atoms with Gasteiger partial charge >= 0.3 is 6.03 Å². The number of nitrogens with zero attached hydrogens (tertiary/aromatic N) is 3. The van der Waals surface area contributed by atoms with E-state index in [0.29, 0.717) is 50.8 Å². The van der Waals surface area contributed by atoms with Gasteiger partial charge in [0.05, 0.1) is 32.6 Å². The molecule has 0 radical (unpaired) electrons. The number of hydrogen-bond acceptors (Lipinski definition) is 6. The molecule has 2 aromatic carbocycles. The van der Waals surface area contributed by atoms with Crippen molar-refractivity contribution in [3.05, 3.63) is 82.3 Å². The van der Waals surface area contributed by atoms with Crippen LogP contribution in [-0.2, 0) is 22.6 Å². The van der Waals surface area contributed by atoms with Crippen LogP contribution in [0.2, 0.25) is 0 Å². The number of thiophene rings is 1. The largest absolute Gasteiger partial charge is 0.495 e. The fourth-order valence-electron chi connectivity index (χ4n) is 4.18. The molecule has 3 amide bonds. The zero-order valence-corrected chi connectivity index (χ0v) is 22.3. The first-order chi connectivity index (χ1) is 18.5. The van der Waals surface area contributed by atoms with E-state index in [0.717, 1.165) is 23.5 Å². The number of amides is 3. The Bertz CT molecular complexity index is 1170.